The van der Waals surface area contributed by atoms with Gasteiger partial charge >= 0.3 is 5.97 Å². The van der Waals surface area contributed by atoms with Crippen molar-refractivity contribution >= 4 is 49.4 Å². The van der Waals surface area contributed by atoms with E-state index in [1.165, 1.54) is 0 Å². The van der Waals surface area contributed by atoms with Gasteiger partial charge in [0.1, 0.15) is 5.57 Å². The lowest BCUT2D eigenvalue weighted by molar-refractivity contribution is -0.134. The minimum Gasteiger partial charge on any atom is -0.478 e. The Morgan fingerprint density at radius 3 is 2.31 bits per heavy atom. The first-order valence-corrected chi connectivity index (χ1v) is 4.63. The van der Waals surface area contributed by atoms with Crippen molar-refractivity contribution in [1.82, 2.24) is 0 Å². The average Bonchev–Trinajstić information content (AvgIpc) is 1.99. The summed E-state index contributed by atoms with van der Waals surface area (Å²) in [5.74, 6) is -2.66. The van der Waals surface area contributed by atoms with E-state index < -0.39 is 23.1 Å². The molecule has 0 unspecified atom stereocenters. The van der Waals surface area contributed by atoms with Crippen molar-refractivity contribution in [1.29, 1.82) is 0 Å². The van der Waals surface area contributed by atoms with Crippen LogP contribution in [-0.4, -0.2) is 22.6 Å². The molecule has 13 heavy (non-hydrogen) atoms. The molecule has 0 fully saturated rings. The molecule has 1 N–H and O–H groups in total. The zero-order chi connectivity index (χ0) is 10.2. The maximum absolute atomic E-state index is 11.2. The Bertz CT molecular complexity index is 378. The molecule has 1 aliphatic carbocycles. The van der Waals surface area contributed by atoms with Crippen LogP contribution in [0.25, 0.3) is 0 Å². The van der Waals surface area contributed by atoms with E-state index in [9.17, 15) is 14.4 Å². The smallest absolute Gasteiger partial charge is 0.341 e. The molecular formula is C7H2Br2O4. The molecule has 0 atom stereocenters. The quantitative estimate of drug-likeness (QED) is 0.582. The number of hydrogen-bond donors (Lipinski definition) is 1. The molecule has 0 radical (unpaired) electrons. The van der Waals surface area contributed by atoms with Crippen molar-refractivity contribution in [2.45, 2.75) is 0 Å². The molecule has 0 aromatic carbocycles. The summed E-state index contributed by atoms with van der Waals surface area (Å²) in [7, 11) is 0. The SMILES string of the molecule is O=C(O)C1=C(Br)C(=O)C(Br)=CC1=O. The van der Waals surface area contributed by atoms with Crippen molar-refractivity contribution in [3.8, 4) is 0 Å². The zero-order valence-electron chi connectivity index (χ0n) is 6.01. The van der Waals surface area contributed by atoms with Crippen LogP contribution < -0.4 is 0 Å². The van der Waals surface area contributed by atoms with Gasteiger partial charge in [-0.15, -0.1) is 0 Å². The molecule has 0 saturated heterocycles. The van der Waals surface area contributed by atoms with Crippen LogP contribution in [0.1, 0.15) is 0 Å². The Morgan fingerprint density at radius 1 is 1.31 bits per heavy atom. The molecule has 0 heterocycles. The van der Waals surface area contributed by atoms with Gasteiger partial charge in [0.2, 0.25) is 5.78 Å². The van der Waals surface area contributed by atoms with Crippen LogP contribution in [0.15, 0.2) is 20.6 Å². The second-order valence-corrected chi connectivity index (χ2v) is 3.83. The second-order valence-electron chi connectivity index (χ2n) is 2.18. The third-order valence-corrected chi connectivity index (χ3v) is 2.70. The number of Topliss-reactive ketones (excluding diaryl/α,β-unsaturated/α-hetero) is 1. The Labute approximate surface area is 89.6 Å². The molecule has 0 spiro atoms. The topological polar surface area (TPSA) is 71.4 Å². The van der Waals surface area contributed by atoms with Crippen LogP contribution in [0.4, 0.5) is 0 Å². The molecule has 0 bridgehead atoms. The summed E-state index contributed by atoms with van der Waals surface area (Å²) in [6.07, 6.45) is 0.941. The number of hydrogen-bond acceptors (Lipinski definition) is 3. The Morgan fingerprint density at radius 2 is 1.85 bits per heavy atom. The lowest BCUT2D eigenvalue weighted by atomic mass is 10.0. The maximum atomic E-state index is 11.2. The van der Waals surface area contributed by atoms with Crippen LogP contribution in [0.2, 0.25) is 0 Å². The van der Waals surface area contributed by atoms with E-state index in [0.29, 0.717) is 0 Å². The third-order valence-electron chi connectivity index (χ3n) is 1.35. The molecule has 1 aliphatic rings. The van der Waals surface area contributed by atoms with Crippen LogP contribution in [-0.2, 0) is 14.4 Å². The first-order chi connectivity index (χ1) is 5.95. The van der Waals surface area contributed by atoms with E-state index in [1.54, 1.807) is 0 Å². The van der Waals surface area contributed by atoms with E-state index >= 15 is 0 Å². The number of carbonyl (C=O) groups is 3. The molecular weight excluding hydrogens is 308 g/mol. The molecule has 1 rings (SSSR count). The van der Waals surface area contributed by atoms with Gasteiger partial charge in [-0.1, -0.05) is 0 Å². The number of allylic oxidation sites excluding steroid dienone is 3. The highest BCUT2D eigenvalue weighted by molar-refractivity contribution is 9.13. The summed E-state index contributed by atoms with van der Waals surface area (Å²) in [5, 5.41) is 8.58. The normalized spacial score (nSPS) is 17.5. The monoisotopic (exact) mass is 308 g/mol. The number of carboxylic acid groups (broad SMARTS) is 1. The summed E-state index contributed by atoms with van der Waals surface area (Å²) in [5.41, 5.74) is -0.534. The first kappa shape index (κ1) is 10.3. The fraction of sp³-hybridized carbons (Fsp3) is 0. The minimum absolute atomic E-state index is 0.0503. The summed E-state index contributed by atoms with van der Waals surface area (Å²) < 4.78 is -0.172. The maximum Gasteiger partial charge on any atom is 0.341 e. The predicted molar refractivity (Wildman–Crippen MR) is 50.6 cm³/mol. The zero-order valence-corrected chi connectivity index (χ0v) is 9.18. The lowest BCUT2D eigenvalue weighted by Gasteiger charge is -2.07. The summed E-state index contributed by atoms with van der Waals surface area (Å²) in [6.45, 7) is 0. The fourth-order valence-electron chi connectivity index (χ4n) is 0.779. The molecule has 0 saturated carbocycles. The van der Waals surface area contributed by atoms with Crippen molar-refractivity contribution in [2.24, 2.45) is 0 Å². The van der Waals surface area contributed by atoms with Crippen molar-refractivity contribution < 1.29 is 19.5 Å². The standard InChI is InChI=1S/C7H2Br2O4/c8-2-1-3(10)4(7(12)13)5(9)6(2)11/h1H,(H,12,13). The Balaban J connectivity index is 3.29. The summed E-state index contributed by atoms with van der Waals surface area (Å²) >= 11 is 5.60. The predicted octanol–water partition coefficient (Wildman–Crippen LogP) is 1.15. The van der Waals surface area contributed by atoms with Gasteiger partial charge in [0, 0.05) is 6.08 Å². The van der Waals surface area contributed by atoms with Crippen LogP contribution in [0, 0.1) is 0 Å². The van der Waals surface area contributed by atoms with Gasteiger partial charge < -0.3 is 5.11 Å². The highest BCUT2D eigenvalue weighted by atomic mass is 79.9. The van der Waals surface area contributed by atoms with Crippen LogP contribution in [0.3, 0.4) is 0 Å². The third kappa shape index (κ3) is 1.78. The summed E-state index contributed by atoms with van der Waals surface area (Å²) in [6, 6.07) is 0. The van der Waals surface area contributed by atoms with Gasteiger partial charge in [-0.2, -0.15) is 0 Å². The van der Waals surface area contributed by atoms with E-state index in [-0.39, 0.29) is 8.96 Å². The highest BCUT2D eigenvalue weighted by Crippen LogP contribution is 2.26. The number of carbonyl (C=O) groups excluding carboxylic acids is 2. The molecule has 6 heteroatoms. The van der Waals surface area contributed by atoms with E-state index in [4.69, 9.17) is 5.11 Å². The molecule has 0 amide bonds. The number of carboxylic acids is 1. The van der Waals surface area contributed by atoms with E-state index in [1.807, 2.05) is 0 Å². The highest BCUT2D eigenvalue weighted by Gasteiger charge is 2.29. The summed E-state index contributed by atoms with van der Waals surface area (Å²) in [4.78, 5) is 32.7. The Hall–Kier alpha value is -0.750. The van der Waals surface area contributed by atoms with Gasteiger partial charge in [0.15, 0.2) is 5.78 Å². The average molecular weight is 310 g/mol. The minimum atomic E-state index is -1.42. The van der Waals surface area contributed by atoms with Gasteiger partial charge in [-0.05, 0) is 31.9 Å². The number of ketones is 2. The van der Waals surface area contributed by atoms with E-state index in [0.717, 1.165) is 6.08 Å². The van der Waals surface area contributed by atoms with Crippen molar-refractivity contribution in [2.75, 3.05) is 0 Å². The molecule has 0 aliphatic heterocycles. The van der Waals surface area contributed by atoms with Gasteiger partial charge in [0.05, 0.1) is 8.96 Å². The molecule has 4 nitrogen and oxygen atoms in total. The molecule has 0 aromatic rings. The van der Waals surface area contributed by atoms with Gasteiger partial charge in [0.25, 0.3) is 0 Å². The largest absolute Gasteiger partial charge is 0.478 e. The number of halogens is 2. The van der Waals surface area contributed by atoms with Gasteiger partial charge in [-0.25, -0.2) is 4.79 Å². The number of rotatable bonds is 1. The van der Waals surface area contributed by atoms with Gasteiger partial charge in [-0.3, -0.25) is 9.59 Å². The van der Waals surface area contributed by atoms with Crippen LogP contribution >= 0.6 is 31.9 Å². The van der Waals surface area contributed by atoms with Crippen molar-refractivity contribution in [3.05, 3.63) is 20.6 Å². The molecule has 0 aromatic heterocycles. The Kier molecular flexibility index (Phi) is 2.82. The number of aliphatic carboxylic acids is 1. The molecule has 68 valence electrons. The first-order valence-electron chi connectivity index (χ1n) is 3.04. The second kappa shape index (κ2) is 3.55. The van der Waals surface area contributed by atoms with Crippen molar-refractivity contribution in [3.63, 3.8) is 0 Å². The fourth-order valence-corrected chi connectivity index (χ4v) is 2.03. The van der Waals surface area contributed by atoms with E-state index in [2.05, 4.69) is 31.9 Å². The lowest BCUT2D eigenvalue weighted by Crippen LogP contribution is -2.19. The van der Waals surface area contributed by atoms with Crippen LogP contribution in [0.5, 0.6) is 0 Å².